The van der Waals surface area contributed by atoms with Gasteiger partial charge in [0.15, 0.2) is 6.17 Å². The van der Waals surface area contributed by atoms with E-state index in [9.17, 15) is 0 Å². The molecule has 9 aromatic rings. The molecule has 5 heteroatoms. The minimum Gasteiger partial charge on any atom is -0.456 e. The average molecular weight is 643 g/mol. The Kier molecular flexibility index (Phi) is 6.49. The molecule has 1 N–H and O–H groups in total. The molecule has 7 aromatic carbocycles. The van der Waals surface area contributed by atoms with Crippen LogP contribution in [0.2, 0.25) is 0 Å². The third-order valence-corrected chi connectivity index (χ3v) is 9.65. The summed E-state index contributed by atoms with van der Waals surface area (Å²) in [6, 6.07) is 59.0. The number of nitrogens with one attached hydrogen (secondary N) is 1. The molecule has 0 unspecified atom stereocenters. The van der Waals surface area contributed by atoms with E-state index >= 15 is 0 Å². The molecule has 0 saturated carbocycles. The lowest BCUT2D eigenvalue weighted by molar-refractivity contribution is 0.669. The molecule has 1 aliphatic rings. The van der Waals surface area contributed by atoms with Crippen LogP contribution in [0.5, 0.6) is 0 Å². The van der Waals surface area contributed by atoms with Crippen molar-refractivity contribution in [2.45, 2.75) is 6.17 Å². The van der Waals surface area contributed by atoms with E-state index in [2.05, 4.69) is 143 Å². The number of furan rings is 1. The predicted octanol–water partition coefficient (Wildman–Crippen LogP) is 10.8. The number of aliphatic imine (C=N–C) groups is 2. The molecule has 0 fully saturated rings. The van der Waals surface area contributed by atoms with E-state index in [1.54, 1.807) is 0 Å². The highest BCUT2D eigenvalue weighted by Crippen LogP contribution is 2.45. The van der Waals surface area contributed by atoms with Crippen LogP contribution in [0, 0.1) is 0 Å². The number of hydrogen-bond donors (Lipinski definition) is 1. The van der Waals surface area contributed by atoms with Crippen LogP contribution in [0.3, 0.4) is 0 Å². The second-order valence-electron chi connectivity index (χ2n) is 12.6. The maximum atomic E-state index is 6.72. The molecule has 1 aliphatic heterocycles. The minimum absolute atomic E-state index is 0.495. The van der Waals surface area contributed by atoms with Gasteiger partial charge in [0.2, 0.25) is 0 Å². The quantitative estimate of drug-likeness (QED) is 0.203. The van der Waals surface area contributed by atoms with Gasteiger partial charge in [-0.15, -0.1) is 0 Å². The molecule has 0 bridgehead atoms. The molecule has 5 nitrogen and oxygen atoms in total. The molecule has 0 saturated heterocycles. The molecule has 0 aliphatic carbocycles. The summed E-state index contributed by atoms with van der Waals surface area (Å²) in [6.45, 7) is 0. The van der Waals surface area contributed by atoms with Gasteiger partial charge in [0.25, 0.3) is 0 Å². The largest absolute Gasteiger partial charge is 0.456 e. The van der Waals surface area contributed by atoms with Crippen LogP contribution < -0.4 is 5.32 Å². The zero-order chi connectivity index (χ0) is 33.0. The summed E-state index contributed by atoms with van der Waals surface area (Å²) in [6.07, 6.45) is -0.495. The zero-order valence-electron chi connectivity index (χ0n) is 27.0. The number of benzene rings is 7. The van der Waals surface area contributed by atoms with E-state index in [0.29, 0.717) is 0 Å². The predicted molar refractivity (Wildman–Crippen MR) is 205 cm³/mol. The van der Waals surface area contributed by atoms with Crippen molar-refractivity contribution in [3.8, 4) is 16.8 Å². The molecule has 0 amide bonds. The Bertz CT molecular complexity index is 2710. The van der Waals surface area contributed by atoms with Crippen molar-refractivity contribution in [3.05, 3.63) is 187 Å². The third kappa shape index (κ3) is 4.55. The van der Waals surface area contributed by atoms with Gasteiger partial charge in [0.1, 0.15) is 22.8 Å². The molecule has 0 radical (unpaired) electrons. The summed E-state index contributed by atoms with van der Waals surface area (Å²) < 4.78 is 9.07. The fourth-order valence-electron chi connectivity index (χ4n) is 7.41. The van der Waals surface area contributed by atoms with Crippen molar-refractivity contribution in [1.82, 2.24) is 9.88 Å². The van der Waals surface area contributed by atoms with Gasteiger partial charge in [-0.3, -0.25) is 0 Å². The summed E-state index contributed by atoms with van der Waals surface area (Å²) in [5.74, 6) is 1.57. The molecule has 10 rings (SSSR count). The maximum absolute atomic E-state index is 6.72. The molecule has 50 heavy (non-hydrogen) atoms. The normalized spacial score (nSPS) is 13.5. The van der Waals surface area contributed by atoms with Crippen molar-refractivity contribution in [2.75, 3.05) is 0 Å². The smallest absolute Gasteiger partial charge is 0.170 e. The lowest BCUT2D eigenvalue weighted by Crippen LogP contribution is -2.36. The lowest BCUT2D eigenvalue weighted by Gasteiger charge is -2.24. The van der Waals surface area contributed by atoms with Crippen molar-refractivity contribution in [3.63, 3.8) is 0 Å². The van der Waals surface area contributed by atoms with E-state index in [1.807, 2.05) is 36.4 Å². The first-order valence-corrected chi connectivity index (χ1v) is 16.9. The second-order valence-corrected chi connectivity index (χ2v) is 12.6. The van der Waals surface area contributed by atoms with Crippen LogP contribution in [0.15, 0.2) is 184 Å². The third-order valence-electron chi connectivity index (χ3n) is 9.65. The summed E-state index contributed by atoms with van der Waals surface area (Å²) in [5, 5.41) is 8.00. The Labute approximate surface area is 288 Å². The first kappa shape index (κ1) is 28.3. The number of fused-ring (bicyclic) bond motifs is 6. The monoisotopic (exact) mass is 642 g/mol. The Balaban J connectivity index is 1.28. The summed E-state index contributed by atoms with van der Waals surface area (Å²) in [5.41, 5.74) is 10.3. The van der Waals surface area contributed by atoms with Crippen molar-refractivity contribution in [2.24, 2.45) is 9.98 Å². The van der Waals surface area contributed by atoms with Crippen LogP contribution in [0.25, 0.3) is 60.6 Å². The Hall–Kier alpha value is -6.72. The van der Waals surface area contributed by atoms with E-state index in [0.717, 1.165) is 83.5 Å². The van der Waals surface area contributed by atoms with Gasteiger partial charge in [-0.05, 0) is 42.0 Å². The van der Waals surface area contributed by atoms with Crippen LogP contribution in [-0.2, 0) is 0 Å². The highest BCUT2D eigenvalue weighted by Gasteiger charge is 2.26. The Morgan fingerprint density at radius 2 is 1.06 bits per heavy atom. The number of para-hydroxylation sites is 2. The van der Waals surface area contributed by atoms with Crippen molar-refractivity contribution < 1.29 is 4.42 Å². The zero-order valence-corrected chi connectivity index (χ0v) is 27.0. The lowest BCUT2D eigenvalue weighted by atomic mass is 9.92. The van der Waals surface area contributed by atoms with Crippen LogP contribution in [0.1, 0.15) is 22.9 Å². The summed E-state index contributed by atoms with van der Waals surface area (Å²) in [7, 11) is 0. The first-order chi connectivity index (χ1) is 24.8. The van der Waals surface area contributed by atoms with E-state index in [4.69, 9.17) is 14.4 Å². The van der Waals surface area contributed by atoms with Crippen molar-refractivity contribution >= 4 is 55.4 Å². The summed E-state index contributed by atoms with van der Waals surface area (Å²) >= 11 is 0. The average Bonchev–Trinajstić information content (AvgIpc) is 3.72. The van der Waals surface area contributed by atoms with Gasteiger partial charge < -0.3 is 14.3 Å². The van der Waals surface area contributed by atoms with E-state index in [1.165, 1.54) is 5.39 Å². The van der Waals surface area contributed by atoms with Gasteiger partial charge in [0.05, 0.1) is 11.0 Å². The van der Waals surface area contributed by atoms with Crippen LogP contribution in [-0.4, -0.2) is 16.2 Å². The number of hydrogen-bond acceptors (Lipinski definition) is 4. The fraction of sp³-hybridized carbons (Fsp3) is 0.0222. The van der Waals surface area contributed by atoms with Gasteiger partial charge in [-0.2, -0.15) is 0 Å². The topological polar surface area (TPSA) is 54.8 Å². The minimum atomic E-state index is -0.495. The van der Waals surface area contributed by atoms with Gasteiger partial charge in [-0.25, -0.2) is 9.98 Å². The maximum Gasteiger partial charge on any atom is 0.170 e. The van der Waals surface area contributed by atoms with Gasteiger partial charge in [-0.1, -0.05) is 133 Å². The molecular formula is C45H30N4O. The fourth-order valence-corrected chi connectivity index (χ4v) is 7.41. The van der Waals surface area contributed by atoms with Crippen molar-refractivity contribution in [1.29, 1.82) is 0 Å². The molecule has 3 heterocycles. The first-order valence-electron chi connectivity index (χ1n) is 16.9. The molecule has 2 aromatic heterocycles. The Morgan fingerprint density at radius 3 is 1.72 bits per heavy atom. The highest BCUT2D eigenvalue weighted by molar-refractivity contribution is 6.20. The standard InChI is InChI=1S/C45H30N4O/c1-5-15-29(16-6-1)41-34(45-47-43(30-17-7-2-8-18-30)46-44(48-45)31-19-9-3-10-20-31)25-26-39-42(41)36-27-38-35(28-40(36)50-39)33-23-13-14-24-37(33)49(38)32-21-11-4-12-22-32/h1-28,45H,(H,46,47,48). The number of rotatable bonds is 5. The molecule has 0 spiro atoms. The van der Waals surface area contributed by atoms with E-state index in [-0.39, 0.29) is 0 Å². The number of aromatic nitrogens is 1. The SMILES string of the molecule is c1ccc(C2=NC(c3ccc4oc5cc6c7ccccc7n(-c7ccccc7)c6cc5c4c3-c3ccccc3)N=C(c3ccccc3)N2)cc1. The molecule has 236 valence electrons. The molecule has 0 atom stereocenters. The Morgan fingerprint density at radius 1 is 0.480 bits per heavy atom. The number of amidine groups is 2. The van der Waals surface area contributed by atoms with Crippen LogP contribution in [0.4, 0.5) is 0 Å². The second kappa shape index (κ2) is 11.5. The number of nitrogens with zero attached hydrogens (tertiary/aromatic N) is 3. The highest BCUT2D eigenvalue weighted by atomic mass is 16.3. The van der Waals surface area contributed by atoms with E-state index < -0.39 is 6.17 Å². The van der Waals surface area contributed by atoms with Gasteiger partial charge >= 0.3 is 0 Å². The van der Waals surface area contributed by atoms with Gasteiger partial charge in [0, 0.05) is 49.5 Å². The van der Waals surface area contributed by atoms with Crippen LogP contribution >= 0.6 is 0 Å². The molecular weight excluding hydrogens is 613 g/mol. The summed E-state index contributed by atoms with van der Waals surface area (Å²) in [4.78, 5) is 10.5.